The Labute approximate surface area is 141 Å². The van der Waals surface area contributed by atoms with Gasteiger partial charge in [0, 0.05) is 23.5 Å². The third-order valence-corrected chi connectivity index (χ3v) is 4.95. The maximum absolute atomic E-state index is 11.7. The predicted molar refractivity (Wildman–Crippen MR) is 91.1 cm³/mol. The average molecular weight is 326 g/mol. The van der Waals surface area contributed by atoms with Crippen LogP contribution in [-0.4, -0.2) is 35.5 Å². The molecule has 6 heteroatoms. The monoisotopic (exact) mass is 326 g/mol. The number of carbonyl (C=O) groups excluding carboxylic acids is 1. The molecule has 4 rings (SSSR count). The zero-order valence-corrected chi connectivity index (χ0v) is 13.8. The zero-order chi connectivity index (χ0) is 16.5. The lowest BCUT2D eigenvalue weighted by Gasteiger charge is -2.27. The Morgan fingerprint density at radius 3 is 3.21 bits per heavy atom. The van der Waals surface area contributed by atoms with Gasteiger partial charge in [0.15, 0.2) is 0 Å². The van der Waals surface area contributed by atoms with E-state index in [0.717, 1.165) is 24.9 Å². The topological polar surface area (TPSA) is 70.2 Å². The van der Waals surface area contributed by atoms with Gasteiger partial charge < -0.3 is 10.1 Å². The van der Waals surface area contributed by atoms with E-state index >= 15 is 0 Å². The zero-order valence-electron chi connectivity index (χ0n) is 13.8. The molecule has 2 atom stereocenters. The van der Waals surface area contributed by atoms with Gasteiger partial charge in [0.2, 0.25) is 0 Å². The second-order valence-corrected chi connectivity index (χ2v) is 6.56. The second-order valence-electron chi connectivity index (χ2n) is 6.56. The number of rotatable bonds is 4. The van der Waals surface area contributed by atoms with Crippen molar-refractivity contribution in [1.82, 2.24) is 15.5 Å². The molecule has 6 nitrogen and oxygen atoms in total. The van der Waals surface area contributed by atoms with Crippen molar-refractivity contribution in [2.45, 2.75) is 38.3 Å². The highest BCUT2D eigenvalue weighted by molar-refractivity contribution is 5.89. The van der Waals surface area contributed by atoms with Gasteiger partial charge in [0.25, 0.3) is 0 Å². The number of benzene rings is 1. The molecule has 1 saturated heterocycles. The van der Waals surface area contributed by atoms with Crippen LogP contribution in [0.25, 0.3) is 0 Å². The number of cyclic esters (lactones) is 1. The van der Waals surface area contributed by atoms with Gasteiger partial charge in [0.05, 0.1) is 12.7 Å². The van der Waals surface area contributed by atoms with E-state index < -0.39 is 0 Å². The molecule has 24 heavy (non-hydrogen) atoms. The minimum absolute atomic E-state index is 0.224. The standard InChI is InChI=1S/C18H22N4O2/c1-12(20-15-5-6-17-14(9-15)11-19-21-17)13-3-2-4-16(10-13)22-7-8-24-18(22)23/h2-4,10-12,15,20H,5-9H2,1H3,(H,19,21). The van der Waals surface area contributed by atoms with Gasteiger partial charge in [-0.05, 0) is 49.4 Å². The van der Waals surface area contributed by atoms with E-state index in [2.05, 4.69) is 34.6 Å². The highest BCUT2D eigenvalue weighted by Crippen LogP contribution is 2.25. The highest BCUT2D eigenvalue weighted by atomic mass is 16.6. The minimum Gasteiger partial charge on any atom is -0.447 e. The van der Waals surface area contributed by atoms with Crippen molar-refractivity contribution in [2.75, 3.05) is 18.1 Å². The van der Waals surface area contributed by atoms with Crippen LogP contribution in [0, 0.1) is 0 Å². The summed E-state index contributed by atoms with van der Waals surface area (Å²) in [6, 6.07) is 8.82. The van der Waals surface area contributed by atoms with Gasteiger partial charge in [-0.15, -0.1) is 0 Å². The van der Waals surface area contributed by atoms with E-state index in [1.165, 1.54) is 16.8 Å². The van der Waals surface area contributed by atoms with Crippen molar-refractivity contribution in [3.63, 3.8) is 0 Å². The third-order valence-electron chi connectivity index (χ3n) is 4.95. The fourth-order valence-corrected chi connectivity index (χ4v) is 3.60. The normalized spacial score (nSPS) is 21.5. The molecule has 0 spiro atoms. The number of carbonyl (C=O) groups is 1. The van der Waals surface area contributed by atoms with Crippen LogP contribution >= 0.6 is 0 Å². The van der Waals surface area contributed by atoms with Gasteiger partial charge in [-0.2, -0.15) is 5.10 Å². The summed E-state index contributed by atoms with van der Waals surface area (Å²) in [5.74, 6) is 0. The summed E-state index contributed by atoms with van der Waals surface area (Å²) in [6.45, 7) is 3.26. The van der Waals surface area contributed by atoms with E-state index in [-0.39, 0.29) is 12.1 Å². The van der Waals surface area contributed by atoms with Gasteiger partial charge in [-0.1, -0.05) is 12.1 Å². The summed E-state index contributed by atoms with van der Waals surface area (Å²) in [5.41, 5.74) is 4.68. The van der Waals surface area contributed by atoms with Crippen molar-refractivity contribution < 1.29 is 9.53 Å². The molecule has 2 N–H and O–H groups in total. The van der Waals surface area contributed by atoms with Crippen LogP contribution in [0.3, 0.4) is 0 Å². The summed E-state index contributed by atoms with van der Waals surface area (Å²) in [7, 11) is 0. The van der Waals surface area contributed by atoms with Crippen LogP contribution < -0.4 is 10.2 Å². The first kappa shape index (κ1) is 15.2. The molecule has 2 unspecified atom stereocenters. The molecule has 2 aliphatic rings. The number of aromatic amines is 1. The summed E-state index contributed by atoms with van der Waals surface area (Å²) in [5, 5.41) is 10.9. The second kappa shape index (κ2) is 6.28. The molecule has 1 aliphatic carbocycles. The molecule has 1 fully saturated rings. The van der Waals surface area contributed by atoms with E-state index in [0.29, 0.717) is 19.2 Å². The number of aryl methyl sites for hydroxylation is 1. The minimum atomic E-state index is -0.257. The smallest absolute Gasteiger partial charge is 0.414 e. The Balaban J connectivity index is 1.45. The molecular weight excluding hydrogens is 304 g/mol. The lowest BCUT2D eigenvalue weighted by molar-refractivity contribution is 0.181. The molecule has 1 aromatic heterocycles. The first-order valence-electron chi connectivity index (χ1n) is 8.52. The molecule has 2 heterocycles. The quantitative estimate of drug-likeness (QED) is 0.906. The Morgan fingerprint density at radius 2 is 2.38 bits per heavy atom. The van der Waals surface area contributed by atoms with E-state index in [9.17, 15) is 4.79 Å². The average Bonchev–Trinajstić information content (AvgIpc) is 3.23. The highest BCUT2D eigenvalue weighted by Gasteiger charge is 2.25. The van der Waals surface area contributed by atoms with Crippen molar-refractivity contribution in [2.24, 2.45) is 0 Å². The van der Waals surface area contributed by atoms with Crippen molar-refractivity contribution in [3.8, 4) is 0 Å². The first-order chi connectivity index (χ1) is 11.7. The molecule has 2 aromatic rings. The molecule has 1 amide bonds. The number of ether oxygens (including phenoxy) is 1. The van der Waals surface area contributed by atoms with Crippen molar-refractivity contribution >= 4 is 11.8 Å². The first-order valence-corrected chi connectivity index (χ1v) is 8.52. The van der Waals surface area contributed by atoms with Crippen molar-refractivity contribution in [3.05, 3.63) is 47.3 Å². The van der Waals surface area contributed by atoms with Crippen molar-refractivity contribution in [1.29, 1.82) is 0 Å². The van der Waals surface area contributed by atoms with E-state index in [1.807, 2.05) is 18.3 Å². The maximum Gasteiger partial charge on any atom is 0.414 e. The molecule has 0 bridgehead atoms. The Morgan fingerprint density at radius 1 is 1.46 bits per heavy atom. The lowest BCUT2D eigenvalue weighted by atomic mass is 9.92. The summed E-state index contributed by atoms with van der Waals surface area (Å²) >= 11 is 0. The Bertz CT molecular complexity index is 742. The molecule has 1 aliphatic heterocycles. The van der Waals surface area contributed by atoms with E-state index in [4.69, 9.17) is 4.74 Å². The number of anilines is 1. The lowest BCUT2D eigenvalue weighted by Crippen LogP contribution is -2.36. The Hall–Kier alpha value is -2.34. The molecule has 0 radical (unpaired) electrons. The molecule has 126 valence electrons. The number of nitrogens with one attached hydrogen (secondary N) is 2. The number of nitrogens with zero attached hydrogens (tertiary/aromatic N) is 2. The SMILES string of the molecule is CC(NC1CCc2[nH]ncc2C1)c1cccc(N2CCOC2=O)c1. The van der Waals surface area contributed by atoms with Crippen LogP contribution in [0.4, 0.5) is 10.5 Å². The van der Waals surface area contributed by atoms with Gasteiger partial charge >= 0.3 is 6.09 Å². The summed E-state index contributed by atoms with van der Waals surface area (Å²) in [4.78, 5) is 13.4. The van der Waals surface area contributed by atoms with Crippen LogP contribution in [-0.2, 0) is 17.6 Å². The molecular formula is C18H22N4O2. The van der Waals surface area contributed by atoms with Crippen LogP contribution in [0.2, 0.25) is 0 Å². The predicted octanol–water partition coefficient (Wildman–Crippen LogP) is 2.57. The Kier molecular flexibility index (Phi) is 3.98. The summed E-state index contributed by atoms with van der Waals surface area (Å²) in [6.07, 6.45) is 4.84. The fourth-order valence-electron chi connectivity index (χ4n) is 3.60. The number of H-pyrrole nitrogens is 1. The number of aromatic nitrogens is 2. The van der Waals surface area contributed by atoms with Crippen LogP contribution in [0.15, 0.2) is 30.5 Å². The molecule has 0 saturated carbocycles. The summed E-state index contributed by atoms with van der Waals surface area (Å²) < 4.78 is 5.03. The van der Waals surface area contributed by atoms with Crippen LogP contribution in [0.5, 0.6) is 0 Å². The number of amides is 1. The van der Waals surface area contributed by atoms with Gasteiger partial charge in [-0.3, -0.25) is 10.00 Å². The van der Waals surface area contributed by atoms with E-state index in [1.54, 1.807) is 4.90 Å². The third kappa shape index (κ3) is 2.89. The number of hydrogen-bond donors (Lipinski definition) is 2. The molecule has 1 aromatic carbocycles. The largest absolute Gasteiger partial charge is 0.447 e. The maximum atomic E-state index is 11.7. The van der Waals surface area contributed by atoms with Gasteiger partial charge in [0.1, 0.15) is 6.61 Å². The fraction of sp³-hybridized carbons (Fsp3) is 0.444. The van der Waals surface area contributed by atoms with Crippen LogP contribution in [0.1, 0.15) is 36.2 Å². The van der Waals surface area contributed by atoms with Gasteiger partial charge in [-0.25, -0.2) is 4.79 Å². The number of fused-ring (bicyclic) bond motifs is 1. The number of hydrogen-bond acceptors (Lipinski definition) is 4.